The van der Waals surface area contributed by atoms with Crippen molar-refractivity contribution in [2.45, 2.75) is 32.7 Å². The van der Waals surface area contributed by atoms with Crippen LogP contribution in [-0.2, 0) is 0 Å². The number of aromatic nitrogens is 1. The van der Waals surface area contributed by atoms with E-state index in [0.717, 1.165) is 30.5 Å². The SMILES string of the molecule is CCCNc1cccc(NC2CC2C)n1. The van der Waals surface area contributed by atoms with Gasteiger partial charge in [0.1, 0.15) is 11.6 Å². The molecule has 0 radical (unpaired) electrons. The molecule has 0 aliphatic heterocycles. The van der Waals surface area contributed by atoms with Gasteiger partial charge in [-0.25, -0.2) is 4.98 Å². The molecule has 2 atom stereocenters. The summed E-state index contributed by atoms with van der Waals surface area (Å²) in [6, 6.07) is 6.72. The Hall–Kier alpha value is -1.25. The van der Waals surface area contributed by atoms with Gasteiger partial charge in [0.2, 0.25) is 0 Å². The van der Waals surface area contributed by atoms with E-state index in [1.165, 1.54) is 6.42 Å². The van der Waals surface area contributed by atoms with Crippen LogP contribution < -0.4 is 10.6 Å². The van der Waals surface area contributed by atoms with Gasteiger partial charge in [0.05, 0.1) is 0 Å². The number of hydrogen-bond acceptors (Lipinski definition) is 3. The minimum Gasteiger partial charge on any atom is -0.370 e. The highest BCUT2D eigenvalue weighted by molar-refractivity contribution is 5.46. The van der Waals surface area contributed by atoms with E-state index in [0.29, 0.717) is 6.04 Å². The second kappa shape index (κ2) is 4.51. The van der Waals surface area contributed by atoms with E-state index >= 15 is 0 Å². The molecule has 3 heteroatoms. The van der Waals surface area contributed by atoms with E-state index < -0.39 is 0 Å². The van der Waals surface area contributed by atoms with Gasteiger partial charge in [0, 0.05) is 12.6 Å². The number of anilines is 2. The summed E-state index contributed by atoms with van der Waals surface area (Å²) in [6.45, 7) is 5.40. The average Bonchev–Trinajstić information content (AvgIpc) is 2.92. The van der Waals surface area contributed by atoms with Gasteiger partial charge in [0.15, 0.2) is 0 Å². The molecule has 82 valence electrons. The number of nitrogens with zero attached hydrogens (tertiary/aromatic N) is 1. The minimum absolute atomic E-state index is 0.638. The molecule has 1 fully saturated rings. The number of nitrogens with one attached hydrogen (secondary N) is 2. The minimum atomic E-state index is 0.638. The van der Waals surface area contributed by atoms with Crippen molar-refractivity contribution < 1.29 is 0 Å². The molecule has 2 rings (SSSR count). The molecule has 1 heterocycles. The third-order valence-corrected chi connectivity index (χ3v) is 2.75. The number of rotatable bonds is 5. The van der Waals surface area contributed by atoms with E-state index in [9.17, 15) is 0 Å². The fraction of sp³-hybridized carbons (Fsp3) is 0.583. The van der Waals surface area contributed by atoms with Crippen molar-refractivity contribution in [3.63, 3.8) is 0 Å². The molecule has 2 unspecified atom stereocenters. The Morgan fingerprint density at radius 2 is 2.13 bits per heavy atom. The van der Waals surface area contributed by atoms with Gasteiger partial charge in [-0.05, 0) is 30.9 Å². The quantitative estimate of drug-likeness (QED) is 0.776. The van der Waals surface area contributed by atoms with Crippen molar-refractivity contribution in [1.82, 2.24) is 4.98 Å². The zero-order valence-electron chi connectivity index (χ0n) is 9.46. The van der Waals surface area contributed by atoms with Crippen LogP contribution in [0.25, 0.3) is 0 Å². The maximum absolute atomic E-state index is 4.50. The highest BCUT2D eigenvalue weighted by Gasteiger charge is 2.32. The second-order valence-electron chi connectivity index (χ2n) is 4.30. The molecule has 0 spiro atoms. The molecule has 1 aliphatic rings. The molecule has 0 amide bonds. The molecular formula is C12H19N3. The van der Waals surface area contributed by atoms with Crippen LogP contribution in [0.2, 0.25) is 0 Å². The summed E-state index contributed by atoms with van der Waals surface area (Å²) in [5.74, 6) is 2.76. The fourth-order valence-electron chi connectivity index (χ4n) is 1.58. The van der Waals surface area contributed by atoms with E-state index in [2.05, 4.69) is 29.5 Å². The lowest BCUT2D eigenvalue weighted by molar-refractivity contribution is 0.922. The summed E-state index contributed by atoms with van der Waals surface area (Å²) in [5.41, 5.74) is 0. The van der Waals surface area contributed by atoms with Crippen LogP contribution in [0, 0.1) is 5.92 Å². The highest BCUT2D eigenvalue weighted by Crippen LogP contribution is 2.32. The van der Waals surface area contributed by atoms with Crippen LogP contribution in [0.4, 0.5) is 11.6 Å². The summed E-state index contributed by atoms with van der Waals surface area (Å²) >= 11 is 0. The van der Waals surface area contributed by atoms with Crippen molar-refractivity contribution in [3.05, 3.63) is 18.2 Å². The molecular weight excluding hydrogens is 186 g/mol. The Labute approximate surface area is 91.3 Å². The molecule has 0 bridgehead atoms. The molecule has 1 saturated carbocycles. The van der Waals surface area contributed by atoms with E-state index in [1.807, 2.05) is 18.2 Å². The molecule has 2 N–H and O–H groups in total. The van der Waals surface area contributed by atoms with Crippen LogP contribution in [0.3, 0.4) is 0 Å². The summed E-state index contributed by atoms with van der Waals surface area (Å²) in [7, 11) is 0. The molecule has 15 heavy (non-hydrogen) atoms. The van der Waals surface area contributed by atoms with Crippen LogP contribution in [0.1, 0.15) is 26.7 Å². The van der Waals surface area contributed by atoms with Gasteiger partial charge in [0.25, 0.3) is 0 Å². The Morgan fingerprint density at radius 1 is 1.40 bits per heavy atom. The maximum atomic E-state index is 4.50. The number of hydrogen-bond donors (Lipinski definition) is 2. The first-order chi connectivity index (χ1) is 7.29. The third kappa shape index (κ3) is 2.85. The number of pyridine rings is 1. The standard InChI is InChI=1S/C12H19N3/c1-3-7-13-11-5-4-6-12(15-11)14-10-8-9(10)2/h4-6,9-10H,3,7-8H2,1-2H3,(H2,13,14,15). The lowest BCUT2D eigenvalue weighted by Gasteiger charge is -2.07. The molecule has 0 aromatic carbocycles. The van der Waals surface area contributed by atoms with Gasteiger partial charge in [-0.1, -0.05) is 19.9 Å². The molecule has 1 aromatic rings. The van der Waals surface area contributed by atoms with Crippen molar-refractivity contribution in [2.75, 3.05) is 17.2 Å². The van der Waals surface area contributed by atoms with Gasteiger partial charge >= 0.3 is 0 Å². The van der Waals surface area contributed by atoms with Gasteiger partial charge in [-0.3, -0.25) is 0 Å². The summed E-state index contributed by atoms with van der Waals surface area (Å²) in [5, 5.41) is 6.72. The first-order valence-electron chi connectivity index (χ1n) is 5.77. The zero-order valence-corrected chi connectivity index (χ0v) is 9.46. The van der Waals surface area contributed by atoms with Gasteiger partial charge < -0.3 is 10.6 Å². The van der Waals surface area contributed by atoms with Crippen molar-refractivity contribution in [1.29, 1.82) is 0 Å². The van der Waals surface area contributed by atoms with E-state index in [1.54, 1.807) is 0 Å². The molecule has 1 aromatic heterocycles. The van der Waals surface area contributed by atoms with Crippen LogP contribution >= 0.6 is 0 Å². The average molecular weight is 205 g/mol. The molecule has 1 aliphatic carbocycles. The Kier molecular flexibility index (Phi) is 3.09. The summed E-state index contributed by atoms with van der Waals surface area (Å²) < 4.78 is 0. The van der Waals surface area contributed by atoms with Crippen LogP contribution in [-0.4, -0.2) is 17.6 Å². The Balaban J connectivity index is 1.93. The lowest BCUT2D eigenvalue weighted by Crippen LogP contribution is -2.07. The van der Waals surface area contributed by atoms with Crippen molar-refractivity contribution >= 4 is 11.6 Å². The van der Waals surface area contributed by atoms with Crippen molar-refractivity contribution in [2.24, 2.45) is 5.92 Å². The second-order valence-corrected chi connectivity index (χ2v) is 4.30. The van der Waals surface area contributed by atoms with Crippen molar-refractivity contribution in [3.8, 4) is 0 Å². The first kappa shape index (κ1) is 10.3. The summed E-state index contributed by atoms with van der Waals surface area (Å²) in [6.07, 6.45) is 2.40. The topological polar surface area (TPSA) is 37.0 Å². The maximum Gasteiger partial charge on any atom is 0.128 e. The monoisotopic (exact) mass is 205 g/mol. The Bertz CT molecular complexity index is 324. The molecule has 3 nitrogen and oxygen atoms in total. The smallest absolute Gasteiger partial charge is 0.128 e. The van der Waals surface area contributed by atoms with Gasteiger partial charge in [-0.2, -0.15) is 0 Å². The van der Waals surface area contributed by atoms with Crippen LogP contribution in [0.15, 0.2) is 18.2 Å². The predicted octanol–water partition coefficient (Wildman–Crippen LogP) is 2.72. The fourth-order valence-corrected chi connectivity index (χ4v) is 1.58. The van der Waals surface area contributed by atoms with Gasteiger partial charge in [-0.15, -0.1) is 0 Å². The third-order valence-electron chi connectivity index (χ3n) is 2.75. The first-order valence-corrected chi connectivity index (χ1v) is 5.77. The summed E-state index contributed by atoms with van der Waals surface area (Å²) in [4.78, 5) is 4.50. The Morgan fingerprint density at radius 3 is 2.80 bits per heavy atom. The largest absolute Gasteiger partial charge is 0.370 e. The predicted molar refractivity (Wildman–Crippen MR) is 64.2 cm³/mol. The zero-order chi connectivity index (χ0) is 10.7. The van der Waals surface area contributed by atoms with Crippen LogP contribution in [0.5, 0.6) is 0 Å². The van der Waals surface area contributed by atoms with E-state index in [-0.39, 0.29) is 0 Å². The lowest BCUT2D eigenvalue weighted by atomic mass is 10.4. The normalized spacial score (nSPS) is 23.6. The highest BCUT2D eigenvalue weighted by atomic mass is 15.1. The molecule has 0 saturated heterocycles. The van der Waals surface area contributed by atoms with E-state index in [4.69, 9.17) is 0 Å².